The Morgan fingerprint density at radius 3 is 2.47 bits per heavy atom. The van der Waals surface area contributed by atoms with Crippen molar-refractivity contribution in [1.29, 1.82) is 0 Å². The lowest BCUT2D eigenvalue weighted by Crippen LogP contribution is -2.30. The molecule has 0 aromatic heterocycles. The molecule has 19 heavy (non-hydrogen) atoms. The van der Waals surface area contributed by atoms with Crippen LogP contribution < -0.4 is 4.90 Å². The molecule has 2 rings (SSSR count). The van der Waals surface area contributed by atoms with Crippen LogP contribution in [0.1, 0.15) is 17.3 Å². The van der Waals surface area contributed by atoms with Gasteiger partial charge in [-0.05, 0) is 53.2 Å². The van der Waals surface area contributed by atoms with Crippen LogP contribution in [0.2, 0.25) is 0 Å². The minimum absolute atomic E-state index is 0.208. The summed E-state index contributed by atoms with van der Waals surface area (Å²) in [6.45, 7) is 2.42. The maximum atomic E-state index is 13.5. The Morgan fingerprint density at radius 2 is 1.89 bits per heavy atom. The van der Waals surface area contributed by atoms with Crippen LogP contribution in [-0.2, 0) is 0 Å². The van der Waals surface area contributed by atoms with Gasteiger partial charge in [0.05, 0.1) is 4.47 Å². The summed E-state index contributed by atoms with van der Waals surface area (Å²) >= 11 is 3.08. The predicted molar refractivity (Wildman–Crippen MR) is 77.9 cm³/mol. The van der Waals surface area contributed by atoms with Crippen LogP contribution in [0.4, 0.5) is 10.1 Å². The zero-order valence-electron chi connectivity index (χ0n) is 10.4. The fourth-order valence-electron chi connectivity index (χ4n) is 1.84. The summed E-state index contributed by atoms with van der Waals surface area (Å²) in [7, 11) is 0. The second kappa shape index (κ2) is 5.97. The lowest BCUT2D eigenvalue weighted by molar-refractivity contribution is 0.0988. The SMILES string of the molecule is CCN(C(=O)c1ccc(Br)c(F)c1)c1ccccc1. The molecule has 4 heteroatoms. The van der Waals surface area contributed by atoms with Crippen molar-refractivity contribution < 1.29 is 9.18 Å². The zero-order valence-corrected chi connectivity index (χ0v) is 12.0. The third kappa shape index (κ3) is 3.01. The zero-order chi connectivity index (χ0) is 13.8. The number of nitrogens with zero attached hydrogens (tertiary/aromatic N) is 1. The van der Waals surface area contributed by atoms with Gasteiger partial charge in [-0.25, -0.2) is 4.39 Å². The molecule has 1 amide bonds. The Bertz CT molecular complexity index is 586. The maximum Gasteiger partial charge on any atom is 0.258 e. The van der Waals surface area contributed by atoms with Crippen molar-refractivity contribution in [2.45, 2.75) is 6.92 Å². The number of carbonyl (C=O) groups excluding carboxylic acids is 1. The fraction of sp³-hybridized carbons (Fsp3) is 0.133. The number of para-hydroxylation sites is 1. The molecule has 0 heterocycles. The Balaban J connectivity index is 2.33. The van der Waals surface area contributed by atoms with E-state index in [1.54, 1.807) is 17.0 Å². The van der Waals surface area contributed by atoms with Crippen molar-refractivity contribution in [1.82, 2.24) is 0 Å². The number of halogens is 2. The van der Waals surface area contributed by atoms with Gasteiger partial charge in [0.25, 0.3) is 5.91 Å². The van der Waals surface area contributed by atoms with Gasteiger partial charge >= 0.3 is 0 Å². The largest absolute Gasteiger partial charge is 0.309 e. The van der Waals surface area contributed by atoms with Gasteiger partial charge in [0.2, 0.25) is 0 Å². The molecule has 0 unspecified atom stereocenters. The highest BCUT2D eigenvalue weighted by molar-refractivity contribution is 9.10. The van der Waals surface area contributed by atoms with Gasteiger partial charge in [0.1, 0.15) is 5.82 Å². The predicted octanol–water partition coefficient (Wildman–Crippen LogP) is 4.25. The Kier molecular flexibility index (Phi) is 4.32. The molecule has 0 aliphatic heterocycles. The standard InChI is InChI=1S/C15H13BrFNO/c1-2-18(12-6-4-3-5-7-12)15(19)11-8-9-13(16)14(17)10-11/h3-10H,2H2,1H3. The van der Waals surface area contributed by atoms with Gasteiger partial charge in [-0.2, -0.15) is 0 Å². The summed E-state index contributed by atoms with van der Waals surface area (Å²) in [5, 5.41) is 0. The molecule has 0 saturated carbocycles. The molecule has 0 aliphatic rings. The highest BCUT2D eigenvalue weighted by Gasteiger charge is 2.16. The number of amides is 1. The summed E-state index contributed by atoms with van der Waals surface area (Å²) in [5.74, 6) is -0.643. The summed E-state index contributed by atoms with van der Waals surface area (Å²) in [5.41, 5.74) is 1.14. The molecule has 2 aromatic carbocycles. The summed E-state index contributed by atoms with van der Waals surface area (Å²) in [4.78, 5) is 14.0. The first-order valence-corrected chi connectivity index (χ1v) is 6.74. The lowest BCUT2D eigenvalue weighted by Gasteiger charge is -2.21. The van der Waals surface area contributed by atoms with Crippen molar-refractivity contribution in [2.24, 2.45) is 0 Å². The topological polar surface area (TPSA) is 20.3 Å². The third-order valence-corrected chi connectivity index (χ3v) is 3.44. The molecule has 98 valence electrons. The third-order valence-electron chi connectivity index (χ3n) is 2.80. The Morgan fingerprint density at radius 1 is 1.21 bits per heavy atom. The highest BCUT2D eigenvalue weighted by Crippen LogP contribution is 2.20. The smallest absolute Gasteiger partial charge is 0.258 e. The first-order valence-electron chi connectivity index (χ1n) is 5.95. The van der Waals surface area contributed by atoms with Gasteiger partial charge in [-0.1, -0.05) is 18.2 Å². The number of carbonyl (C=O) groups is 1. The van der Waals surface area contributed by atoms with Crippen LogP contribution in [-0.4, -0.2) is 12.5 Å². The van der Waals surface area contributed by atoms with Crippen molar-refractivity contribution >= 4 is 27.5 Å². The second-order valence-corrected chi connectivity index (χ2v) is 4.87. The van der Waals surface area contributed by atoms with Gasteiger partial charge in [-0.15, -0.1) is 0 Å². The van der Waals surface area contributed by atoms with Crippen LogP contribution in [0.25, 0.3) is 0 Å². The van der Waals surface area contributed by atoms with E-state index >= 15 is 0 Å². The van der Waals surface area contributed by atoms with Gasteiger partial charge in [0, 0.05) is 17.8 Å². The van der Waals surface area contributed by atoms with Crippen LogP contribution in [0.15, 0.2) is 53.0 Å². The molecule has 0 N–H and O–H groups in total. The molecular weight excluding hydrogens is 309 g/mol. The molecular formula is C15H13BrFNO. The number of hydrogen-bond acceptors (Lipinski definition) is 1. The van der Waals surface area contributed by atoms with Crippen LogP contribution in [0.3, 0.4) is 0 Å². The van der Waals surface area contributed by atoms with Crippen LogP contribution >= 0.6 is 15.9 Å². The number of hydrogen-bond donors (Lipinski definition) is 0. The molecule has 0 aliphatic carbocycles. The number of benzene rings is 2. The van der Waals surface area contributed by atoms with E-state index in [4.69, 9.17) is 0 Å². The molecule has 0 atom stereocenters. The van der Waals surface area contributed by atoms with E-state index < -0.39 is 5.82 Å². The average molecular weight is 322 g/mol. The van der Waals surface area contributed by atoms with E-state index in [0.717, 1.165) is 5.69 Å². The van der Waals surface area contributed by atoms with Crippen molar-refractivity contribution in [3.63, 3.8) is 0 Å². The van der Waals surface area contributed by atoms with Crippen molar-refractivity contribution in [2.75, 3.05) is 11.4 Å². The van der Waals surface area contributed by atoms with E-state index in [2.05, 4.69) is 15.9 Å². The van der Waals surface area contributed by atoms with Crippen LogP contribution in [0.5, 0.6) is 0 Å². The quantitative estimate of drug-likeness (QED) is 0.827. The average Bonchev–Trinajstić information content (AvgIpc) is 2.44. The minimum atomic E-state index is -0.435. The highest BCUT2D eigenvalue weighted by atomic mass is 79.9. The monoisotopic (exact) mass is 321 g/mol. The molecule has 0 saturated heterocycles. The summed E-state index contributed by atoms with van der Waals surface area (Å²) in [6.07, 6.45) is 0. The van der Waals surface area contributed by atoms with Crippen LogP contribution in [0, 0.1) is 5.82 Å². The maximum absolute atomic E-state index is 13.5. The normalized spacial score (nSPS) is 10.3. The van der Waals surface area contributed by atoms with Crippen molar-refractivity contribution in [3.05, 3.63) is 64.4 Å². The van der Waals surface area contributed by atoms with Gasteiger partial charge in [-0.3, -0.25) is 4.79 Å². The first kappa shape index (κ1) is 13.7. The summed E-state index contributed by atoms with van der Waals surface area (Å²) in [6, 6.07) is 13.7. The van der Waals surface area contributed by atoms with Gasteiger partial charge in [0.15, 0.2) is 0 Å². The van der Waals surface area contributed by atoms with E-state index in [1.165, 1.54) is 6.07 Å². The molecule has 0 spiro atoms. The Labute approximate surface area is 120 Å². The Hall–Kier alpha value is -1.68. The fourth-order valence-corrected chi connectivity index (χ4v) is 2.08. The van der Waals surface area contributed by atoms with Crippen molar-refractivity contribution in [3.8, 4) is 0 Å². The molecule has 0 bridgehead atoms. The van der Waals surface area contributed by atoms with E-state index in [9.17, 15) is 9.18 Å². The van der Waals surface area contributed by atoms with Gasteiger partial charge < -0.3 is 4.90 Å². The lowest BCUT2D eigenvalue weighted by atomic mass is 10.1. The second-order valence-electron chi connectivity index (χ2n) is 4.01. The number of anilines is 1. The molecule has 0 fully saturated rings. The molecule has 0 radical (unpaired) electrons. The first-order chi connectivity index (χ1) is 9.13. The molecule has 2 aromatic rings. The number of rotatable bonds is 3. The minimum Gasteiger partial charge on any atom is -0.309 e. The van der Waals surface area contributed by atoms with E-state index in [1.807, 2.05) is 37.3 Å². The van der Waals surface area contributed by atoms with E-state index in [0.29, 0.717) is 16.6 Å². The summed E-state index contributed by atoms with van der Waals surface area (Å²) < 4.78 is 13.8. The molecule has 2 nitrogen and oxygen atoms in total. The van der Waals surface area contributed by atoms with E-state index in [-0.39, 0.29) is 5.91 Å².